The predicted octanol–water partition coefficient (Wildman–Crippen LogP) is 3.23. The quantitative estimate of drug-likeness (QED) is 0.635. The van der Waals surface area contributed by atoms with Gasteiger partial charge >= 0.3 is 6.18 Å². The Hall–Kier alpha value is -1.83. The number of nitrogens with zero attached hydrogens (tertiary/aromatic N) is 2. The van der Waals surface area contributed by atoms with Gasteiger partial charge in [0.25, 0.3) is 5.69 Å². The Morgan fingerprint density at radius 3 is 2.43 bits per heavy atom. The molecule has 0 N–H and O–H groups in total. The summed E-state index contributed by atoms with van der Waals surface area (Å²) < 4.78 is 43.2. The molecule has 21 heavy (non-hydrogen) atoms. The fraction of sp³-hybridized carbons (Fsp3) is 0.538. The third-order valence-electron chi connectivity index (χ3n) is 3.62. The lowest BCUT2D eigenvalue weighted by atomic mass is 10.1. The number of nitro groups is 1. The molecule has 1 heterocycles. The summed E-state index contributed by atoms with van der Waals surface area (Å²) in [6.07, 6.45) is -3.12. The molecule has 0 saturated carbocycles. The second kappa shape index (κ2) is 5.88. The van der Waals surface area contributed by atoms with E-state index in [-0.39, 0.29) is 11.8 Å². The molecule has 1 aliphatic heterocycles. The van der Waals surface area contributed by atoms with Crippen LogP contribution >= 0.6 is 0 Å². The summed E-state index contributed by atoms with van der Waals surface area (Å²) in [6.45, 7) is 1.04. The van der Waals surface area contributed by atoms with Crippen LogP contribution in [0.4, 0.5) is 24.5 Å². The van der Waals surface area contributed by atoms with Crippen molar-refractivity contribution in [2.75, 3.05) is 25.1 Å². The highest BCUT2D eigenvalue weighted by Gasteiger charge is 2.34. The molecule has 116 valence electrons. The molecule has 8 heteroatoms. The first-order valence-electron chi connectivity index (χ1n) is 6.46. The Labute approximate surface area is 119 Å². The first-order valence-corrected chi connectivity index (χ1v) is 6.46. The maximum Gasteiger partial charge on any atom is 0.416 e. The Morgan fingerprint density at radius 1 is 1.33 bits per heavy atom. The highest BCUT2D eigenvalue weighted by atomic mass is 19.4. The minimum atomic E-state index is -4.59. The van der Waals surface area contributed by atoms with Gasteiger partial charge in [0.15, 0.2) is 0 Å². The standard InChI is InChI=1S/C13H15F3N2O3/c1-21-10-4-6-17(7-5-10)11-3-2-9(13(14,15)16)8-12(11)18(19)20/h2-3,8,10H,4-7H2,1H3. The van der Waals surface area contributed by atoms with E-state index >= 15 is 0 Å². The zero-order valence-electron chi connectivity index (χ0n) is 11.4. The zero-order chi connectivity index (χ0) is 15.6. The van der Waals surface area contributed by atoms with Crippen LogP contribution in [-0.2, 0) is 10.9 Å². The van der Waals surface area contributed by atoms with E-state index in [1.165, 1.54) is 6.07 Å². The Morgan fingerprint density at radius 2 is 1.95 bits per heavy atom. The predicted molar refractivity (Wildman–Crippen MR) is 70.3 cm³/mol. The number of methoxy groups -OCH3 is 1. The summed E-state index contributed by atoms with van der Waals surface area (Å²) >= 11 is 0. The highest BCUT2D eigenvalue weighted by molar-refractivity contribution is 5.64. The van der Waals surface area contributed by atoms with Crippen LogP contribution in [0.5, 0.6) is 0 Å². The fourth-order valence-electron chi connectivity index (χ4n) is 2.45. The number of hydrogen-bond donors (Lipinski definition) is 0. The lowest BCUT2D eigenvalue weighted by molar-refractivity contribution is -0.384. The van der Waals surface area contributed by atoms with Crippen molar-refractivity contribution in [1.82, 2.24) is 0 Å². The smallest absolute Gasteiger partial charge is 0.381 e. The van der Waals surface area contributed by atoms with Crippen LogP contribution in [-0.4, -0.2) is 31.2 Å². The molecule has 1 saturated heterocycles. The number of halogens is 3. The van der Waals surface area contributed by atoms with Crippen LogP contribution in [0.25, 0.3) is 0 Å². The molecule has 2 rings (SSSR count). The van der Waals surface area contributed by atoms with Gasteiger partial charge < -0.3 is 9.64 Å². The summed E-state index contributed by atoms with van der Waals surface area (Å²) in [4.78, 5) is 12.0. The number of hydrogen-bond acceptors (Lipinski definition) is 4. The second-order valence-electron chi connectivity index (χ2n) is 4.88. The molecule has 1 aliphatic rings. The number of piperidine rings is 1. The van der Waals surface area contributed by atoms with E-state index in [4.69, 9.17) is 4.74 Å². The average Bonchev–Trinajstić information content (AvgIpc) is 2.45. The number of ether oxygens (including phenoxy) is 1. The van der Waals surface area contributed by atoms with Crippen LogP contribution in [0.2, 0.25) is 0 Å². The van der Waals surface area contributed by atoms with Crippen LogP contribution in [0.15, 0.2) is 18.2 Å². The second-order valence-corrected chi connectivity index (χ2v) is 4.88. The fourth-order valence-corrected chi connectivity index (χ4v) is 2.45. The molecule has 0 aliphatic carbocycles. The van der Waals surface area contributed by atoms with Gasteiger partial charge in [-0.05, 0) is 25.0 Å². The molecule has 1 aromatic rings. The third kappa shape index (κ3) is 3.44. The molecule has 1 aromatic carbocycles. The van der Waals surface area contributed by atoms with Gasteiger partial charge in [-0.3, -0.25) is 10.1 Å². The average molecular weight is 304 g/mol. The number of benzene rings is 1. The van der Waals surface area contributed by atoms with Gasteiger partial charge in [-0.15, -0.1) is 0 Å². The lowest BCUT2D eigenvalue weighted by Crippen LogP contribution is -2.37. The molecule has 0 radical (unpaired) electrons. The van der Waals surface area contributed by atoms with Crippen molar-refractivity contribution in [1.29, 1.82) is 0 Å². The minimum absolute atomic E-state index is 0.0924. The third-order valence-corrected chi connectivity index (χ3v) is 3.62. The Balaban J connectivity index is 2.29. The molecule has 0 aromatic heterocycles. The van der Waals surface area contributed by atoms with Gasteiger partial charge in [-0.1, -0.05) is 0 Å². The van der Waals surface area contributed by atoms with Crippen molar-refractivity contribution in [2.24, 2.45) is 0 Å². The summed E-state index contributed by atoms with van der Waals surface area (Å²) in [7, 11) is 1.60. The lowest BCUT2D eigenvalue weighted by Gasteiger charge is -2.32. The van der Waals surface area contributed by atoms with Crippen molar-refractivity contribution in [3.63, 3.8) is 0 Å². The number of alkyl halides is 3. The van der Waals surface area contributed by atoms with Gasteiger partial charge in [0, 0.05) is 26.3 Å². The molecule has 0 amide bonds. The van der Waals surface area contributed by atoms with E-state index in [2.05, 4.69) is 0 Å². The Bertz CT molecular complexity index is 526. The van der Waals surface area contributed by atoms with E-state index < -0.39 is 22.4 Å². The van der Waals surface area contributed by atoms with E-state index in [1.54, 1.807) is 12.0 Å². The molecule has 0 atom stereocenters. The van der Waals surface area contributed by atoms with Crippen molar-refractivity contribution in [3.8, 4) is 0 Å². The van der Waals surface area contributed by atoms with Crippen LogP contribution in [0, 0.1) is 10.1 Å². The first kappa shape index (κ1) is 15.6. The largest absolute Gasteiger partial charge is 0.416 e. The molecular formula is C13H15F3N2O3. The monoisotopic (exact) mass is 304 g/mol. The number of anilines is 1. The van der Waals surface area contributed by atoms with Crippen molar-refractivity contribution in [2.45, 2.75) is 25.1 Å². The molecule has 0 spiro atoms. The van der Waals surface area contributed by atoms with Crippen LogP contribution in [0.3, 0.4) is 0 Å². The molecule has 1 fully saturated rings. The van der Waals surface area contributed by atoms with Gasteiger partial charge in [0.1, 0.15) is 5.69 Å². The van der Waals surface area contributed by atoms with Crippen LogP contribution < -0.4 is 4.90 Å². The topological polar surface area (TPSA) is 55.6 Å². The summed E-state index contributed by atoms with van der Waals surface area (Å²) in [5, 5.41) is 11.1. The molecular weight excluding hydrogens is 289 g/mol. The molecule has 0 unspecified atom stereocenters. The number of rotatable bonds is 3. The van der Waals surface area contributed by atoms with Gasteiger partial charge in [-0.2, -0.15) is 13.2 Å². The normalized spacial score (nSPS) is 17.0. The van der Waals surface area contributed by atoms with E-state index in [0.29, 0.717) is 32.0 Å². The van der Waals surface area contributed by atoms with Gasteiger partial charge in [-0.25, -0.2) is 0 Å². The van der Waals surface area contributed by atoms with Crippen LogP contribution in [0.1, 0.15) is 18.4 Å². The SMILES string of the molecule is COC1CCN(c2ccc(C(F)(F)F)cc2[N+](=O)[O-])CC1. The molecule has 0 bridgehead atoms. The number of nitro benzene ring substituents is 1. The van der Waals surface area contributed by atoms with Crippen molar-refractivity contribution < 1.29 is 22.8 Å². The first-order chi connectivity index (χ1) is 9.82. The maximum atomic E-state index is 12.6. The van der Waals surface area contributed by atoms with E-state index in [1.807, 2.05) is 0 Å². The summed E-state index contributed by atoms with van der Waals surface area (Å²) in [5.74, 6) is 0. The molecule has 5 nitrogen and oxygen atoms in total. The van der Waals surface area contributed by atoms with Crippen molar-refractivity contribution >= 4 is 11.4 Å². The Kier molecular flexibility index (Phi) is 4.36. The summed E-state index contributed by atoms with van der Waals surface area (Å²) in [5.41, 5.74) is -1.30. The van der Waals surface area contributed by atoms with E-state index in [9.17, 15) is 23.3 Å². The maximum absolute atomic E-state index is 12.6. The minimum Gasteiger partial charge on any atom is -0.381 e. The van der Waals surface area contributed by atoms with Crippen molar-refractivity contribution in [3.05, 3.63) is 33.9 Å². The van der Waals surface area contributed by atoms with E-state index in [0.717, 1.165) is 6.07 Å². The highest BCUT2D eigenvalue weighted by Crippen LogP contribution is 2.37. The van der Waals surface area contributed by atoms with Gasteiger partial charge in [0.05, 0.1) is 16.6 Å². The zero-order valence-corrected chi connectivity index (χ0v) is 11.4. The summed E-state index contributed by atoms with van der Waals surface area (Å²) in [6, 6.07) is 2.65. The van der Waals surface area contributed by atoms with Gasteiger partial charge in [0.2, 0.25) is 0 Å².